The Morgan fingerprint density at radius 2 is 1.89 bits per heavy atom. The maximum Gasteiger partial charge on any atom is 0.339 e. The number of pyridine rings is 1. The van der Waals surface area contributed by atoms with Crippen LogP contribution >= 0.6 is 24.8 Å². The highest BCUT2D eigenvalue weighted by Gasteiger charge is 2.17. The predicted octanol–water partition coefficient (Wildman–Crippen LogP) is 2.70. The van der Waals surface area contributed by atoms with Gasteiger partial charge in [-0.25, -0.2) is 4.79 Å². The van der Waals surface area contributed by atoms with E-state index in [0.29, 0.717) is 5.65 Å². The number of nitrogens with zero attached hydrogens (tertiary/aromatic N) is 3. The van der Waals surface area contributed by atoms with Crippen molar-refractivity contribution in [3.8, 4) is 0 Å². The second-order valence-corrected chi connectivity index (χ2v) is 4.07. The molecule has 0 bridgehead atoms. The Labute approximate surface area is 117 Å². The first-order chi connectivity index (χ1) is 7.52. The van der Waals surface area contributed by atoms with E-state index in [1.165, 1.54) is 0 Å². The van der Waals surface area contributed by atoms with Gasteiger partial charge in [0, 0.05) is 11.6 Å². The summed E-state index contributed by atoms with van der Waals surface area (Å²) in [6.07, 6.45) is 0. The largest absolute Gasteiger partial charge is 0.478 e. The number of carbonyl (C=O) groups is 1. The van der Waals surface area contributed by atoms with E-state index in [-0.39, 0.29) is 36.3 Å². The van der Waals surface area contributed by atoms with Crippen molar-refractivity contribution in [3.05, 3.63) is 29.2 Å². The number of carboxylic acids is 1. The molecule has 1 N–H and O–H groups in total. The topological polar surface area (TPSA) is 67.5 Å². The Hall–Kier alpha value is -1.33. The summed E-state index contributed by atoms with van der Waals surface area (Å²) in [4.78, 5) is 11.0. The zero-order valence-corrected chi connectivity index (χ0v) is 11.9. The third-order valence-corrected chi connectivity index (χ3v) is 2.52. The molecule has 0 atom stereocenters. The van der Waals surface area contributed by atoms with Crippen LogP contribution in [-0.4, -0.2) is 25.7 Å². The van der Waals surface area contributed by atoms with E-state index in [9.17, 15) is 4.79 Å². The van der Waals surface area contributed by atoms with Gasteiger partial charge >= 0.3 is 5.97 Å². The highest BCUT2D eigenvalue weighted by molar-refractivity contribution is 5.94. The molecule has 0 aromatic carbocycles. The van der Waals surface area contributed by atoms with Crippen molar-refractivity contribution in [1.29, 1.82) is 0 Å². The van der Waals surface area contributed by atoms with E-state index in [0.717, 1.165) is 11.5 Å². The van der Waals surface area contributed by atoms with Gasteiger partial charge in [-0.3, -0.25) is 4.40 Å². The quantitative estimate of drug-likeness (QED) is 0.924. The molecule has 0 unspecified atom stereocenters. The van der Waals surface area contributed by atoms with Crippen molar-refractivity contribution in [2.24, 2.45) is 0 Å². The molecule has 0 amide bonds. The molecule has 7 heteroatoms. The van der Waals surface area contributed by atoms with Gasteiger partial charge in [0.15, 0.2) is 5.65 Å². The first kappa shape index (κ1) is 16.7. The lowest BCUT2D eigenvalue weighted by atomic mass is 10.2. The average molecular weight is 292 g/mol. The van der Waals surface area contributed by atoms with Crippen LogP contribution in [0.15, 0.2) is 12.1 Å². The van der Waals surface area contributed by atoms with Crippen LogP contribution in [0.4, 0.5) is 0 Å². The Kier molecular flexibility index (Phi) is 5.57. The molecule has 5 nitrogen and oxygen atoms in total. The molecule has 0 radical (unpaired) electrons. The van der Waals surface area contributed by atoms with E-state index >= 15 is 0 Å². The van der Waals surface area contributed by atoms with Gasteiger partial charge in [0.1, 0.15) is 11.4 Å². The maximum absolute atomic E-state index is 11.0. The molecule has 18 heavy (non-hydrogen) atoms. The van der Waals surface area contributed by atoms with Crippen LogP contribution in [0.3, 0.4) is 0 Å². The SMILES string of the molecule is Cc1ccc(C(=O)O)c2nnc(C(C)C)n12.Cl.Cl. The summed E-state index contributed by atoms with van der Waals surface area (Å²) in [6.45, 7) is 5.92. The highest BCUT2D eigenvalue weighted by atomic mass is 35.5. The molecule has 0 spiro atoms. The Morgan fingerprint density at radius 3 is 2.39 bits per heavy atom. The summed E-state index contributed by atoms with van der Waals surface area (Å²) in [7, 11) is 0. The van der Waals surface area contributed by atoms with E-state index in [1.807, 2.05) is 20.8 Å². The average Bonchev–Trinajstić information content (AvgIpc) is 2.62. The van der Waals surface area contributed by atoms with Crippen LogP contribution in [-0.2, 0) is 0 Å². The summed E-state index contributed by atoms with van der Waals surface area (Å²) < 4.78 is 1.80. The van der Waals surface area contributed by atoms with Gasteiger partial charge in [0.2, 0.25) is 0 Å². The van der Waals surface area contributed by atoms with Gasteiger partial charge in [0.25, 0.3) is 0 Å². The lowest BCUT2D eigenvalue weighted by Crippen LogP contribution is -2.05. The predicted molar refractivity (Wildman–Crippen MR) is 73.3 cm³/mol. The standard InChI is InChI=1S/C11H13N3O2.2ClH/c1-6(2)9-12-13-10-8(11(15)16)5-4-7(3)14(9)10;;/h4-6H,1-3H3,(H,15,16);2*1H. The molecule has 0 fully saturated rings. The van der Waals surface area contributed by atoms with Gasteiger partial charge in [-0.15, -0.1) is 35.0 Å². The van der Waals surface area contributed by atoms with E-state index in [2.05, 4.69) is 10.2 Å². The fraction of sp³-hybridized carbons (Fsp3) is 0.364. The molecule has 0 aliphatic rings. The molecule has 2 rings (SSSR count). The maximum atomic E-state index is 11.0. The number of hydrogen-bond acceptors (Lipinski definition) is 3. The lowest BCUT2D eigenvalue weighted by Gasteiger charge is -2.07. The minimum Gasteiger partial charge on any atom is -0.478 e. The molecule has 0 saturated heterocycles. The fourth-order valence-electron chi connectivity index (χ4n) is 1.71. The molecule has 100 valence electrons. The van der Waals surface area contributed by atoms with Crippen LogP contribution in [0, 0.1) is 6.92 Å². The minimum absolute atomic E-state index is 0. The molecule has 0 aliphatic carbocycles. The van der Waals surface area contributed by atoms with E-state index in [1.54, 1.807) is 16.5 Å². The number of aromatic carboxylic acids is 1. The summed E-state index contributed by atoms with van der Waals surface area (Å²) in [5.41, 5.74) is 1.54. The van der Waals surface area contributed by atoms with Gasteiger partial charge in [0.05, 0.1) is 0 Å². The Morgan fingerprint density at radius 1 is 1.28 bits per heavy atom. The lowest BCUT2D eigenvalue weighted by molar-refractivity contribution is 0.0698. The van der Waals surface area contributed by atoms with Crippen molar-refractivity contribution < 1.29 is 9.90 Å². The number of aromatic nitrogens is 3. The van der Waals surface area contributed by atoms with Gasteiger partial charge < -0.3 is 5.11 Å². The molecular formula is C11H15Cl2N3O2. The van der Waals surface area contributed by atoms with Crippen molar-refractivity contribution in [3.63, 3.8) is 0 Å². The number of fused-ring (bicyclic) bond motifs is 1. The zero-order chi connectivity index (χ0) is 11.9. The summed E-state index contributed by atoms with van der Waals surface area (Å²) in [5.74, 6) is 0.0149. The molecule has 0 aliphatic heterocycles. The highest BCUT2D eigenvalue weighted by Crippen LogP contribution is 2.18. The third-order valence-electron chi connectivity index (χ3n) is 2.52. The molecule has 0 saturated carbocycles. The smallest absolute Gasteiger partial charge is 0.339 e. The van der Waals surface area contributed by atoms with Crippen LogP contribution < -0.4 is 0 Å². The summed E-state index contributed by atoms with van der Waals surface area (Å²) in [5, 5.41) is 17.0. The summed E-state index contributed by atoms with van der Waals surface area (Å²) >= 11 is 0. The molecular weight excluding hydrogens is 277 g/mol. The van der Waals surface area contributed by atoms with E-state index in [4.69, 9.17) is 5.11 Å². The normalized spacial score (nSPS) is 10.0. The molecule has 2 aromatic heterocycles. The second-order valence-electron chi connectivity index (χ2n) is 4.07. The second kappa shape index (κ2) is 6.02. The van der Waals surface area contributed by atoms with Gasteiger partial charge in [-0.1, -0.05) is 13.8 Å². The number of aryl methyl sites for hydroxylation is 1. The van der Waals surface area contributed by atoms with Crippen molar-refractivity contribution in [2.45, 2.75) is 26.7 Å². The zero-order valence-electron chi connectivity index (χ0n) is 10.2. The Balaban J connectivity index is 0.00000144. The summed E-state index contributed by atoms with van der Waals surface area (Å²) in [6, 6.07) is 3.33. The number of rotatable bonds is 2. The van der Waals surface area contributed by atoms with Crippen LogP contribution in [0.5, 0.6) is 0 Å². The van der Waals surface area contributed by atoms with Crippen LogP contribution in [0.25, 0.3) is 5.65 Å². The van der Waals surface area contributed by atoms with Crippen molar-refractivity contribution in [2.75, 3.05) is 0 Å². The van der Waals surface area contributed by atoms with Gasteiger partial charge in [-0.2, -0.15) is 0 Å². The first-order valence-corrected chi connectivity index (χ1v) is 5.10. The van der Waals surface area contributed by atoms with Crippen molar-refractivity contribution >= 4 is 36.4 Å². The van der Waals surface area contributed by atoms with Crippen LogP contribution in [0.1, 0.15) is 41.6 Å². The van der Waals surface area contributed by atoms with Gasteiger partial charge in [-0.05, 0) is 19.1 Å². The van der Waals surface area contributed by atoms with Crippen molar-refractivity contribution in [1.82, 2.24) is 14.6 Å². The minimum atomic E-state index is -0.979. The monoisotopic (exact) mass is 291 g/mol. The first-order valence-electron chi connectivity index (χ1n) is 5.10. The Bertz CT molecular complexity index is 567. The van der Waals surface area contributed by atoms with Crippen LogP contribution in [0.2, 0.25) is 0 Å². The molecule has 2 aromatic rings. The number of halogens is 2. The number of hydrogen-bond donors (Lipinski definition) is 1. The fourth-order valence-corrected chi connectivity index (χ4v) is 1.71. The van der Waals surface area contributed by atoms with E-state index < -0.39 is 5.97 Å². The number of carboxylic acid groups (broad SMARTS) is 1. The third kappa shape index (κ3) is 2.57. The molecule has 2 heterocycles.